The van der Waals surface area contributed by atoms with Crippen LogP contribution >= 0.6 is 11.8 Å². The Balaban J connectivity index is 1.76. The minimum atomic E-state index is -3.59. The van der Waals surface area contributed by atoms with Crippen LogP contribution in [0.15, 0.2) is 52.3 Å². The molecule has 1 amide bonds. The summed E-state index contributed by atoms with van der Waals surface area (Å²) in [4.78, 5) is 24.1. The van der Waals surface area contributed by atoms with Gasteiger partial charge in [-0.25, -0.2) is 8.42 Å². The lowest BCUT2D eigenvalue weighted by Crippen LogP contribution is -2.41. The molecule has 166 valence electrons. The molecule has 1 saturated heterocycles. The number of thioether (sulfide) groups is 1. The van der Waals surface area contributed by atoms with Crippen LogP contribution in [0.3, 0.4) is 0 Å². The number of anilines is 1. The van der Waals surface area contributed by atoms with Crippen LogP contribution in [-0.2, 0) is 10.0 Å². The molecule has 1 aliphatic heterocycles. The van der Waals surface area contributed by atoms with E-state index in [1.807, 2.05) is 13.8 Å². The molecule has 10 heteroatoms. The van der Waals surface area contributed by atoms with Gasteiger partial charge >= 0.3 is 0 Å². The molecule has 2 aromatic rings. The van der Waals surface area contributed by atoms with E-state index < -0.39 is 20.9 Å². The predicted octanol–water partition coefficient (Wildman–Crippen LogP) is 4.52. The van der Waals surface area contributed by atoms with Gasteiger partial charge in [-0.3, -0.25) is 14.9 Å². The summed E-state index contributed by atoms with van der Waals surface area (Å²) in [5.74, 6) is 0.175. The normalized spacial score (nSPS) is 17.3. The Kier molecular flexibility index (Phi) is 7.34. The van der Waals surface area contributed by atoms with Gasteiger partial charge in [-0.2, -0.15) is 4.31 Å². The van der Waals surface area contributed by atoms with Crippen LogP contribution < -0.4 is 5.32 Å². The molecule has 1 heterocycles. The summed E-state index contributed by atoms with van der Waals surface area (Å²) in [7, 11) is -3.59. The van der Waals surface area contributed by atoms with Crippen LogP contribution in [-0.4, -0.2) is 41.9 Å². The number of sulfonamides is 1. The number of nitro groups is 1. The summed E-state index contributed by atoms with van der Waals surface area (Å²) >= 11 is 1.34. The highest BCUT2D eigenvalue weighted by atomic mass is 32.2. The number of carbonyl (C=O) groups excluding carboxylic acids is 1. The van der Waals surface area contributed by atoms with Crippen LogP contribution in [0.2, 0.25) is 0 Å². The molecule has 0 aliphatic carbocycles. The lowest BCUT2D eigenvalue weighted by molar-refractivity contribution is -0.387. The van der Waals surface area contributed by atoms with Crippen LogP contribution in [0.4, 0.5) is 11.4 Å². The molecule has 1 fully saturated rings. The van der Waals surface area contributed by atoms with Gasteiger partial charge < -0.3 is 5.32 Å². The van der Waals surface area contributed by atoms with Gasteiger partial charge in [0, 0.05) is 29.9 Å². The van der Waals surface area contributed by atoms with E-state index >= 15 is 0 Å². The number of hydrogen-bond donors (Lipinski definition) is 1. The Morgan fingerprint density at radius 2 is 1.94 bits per heavy atom. The van der Waals surface area contributed by atoms with E-state index in [2.05, 4.69) is 5.32 Å². The Bertz CT molecular complexity index is 1070. The van der Waals surface area contributed by atoms with Gasteiger partial charge in [-0.05, 0) is 61.9 Å². The van der Waals surface area contributed by atoms with Crippen molar-refractivity contribution in [3.05, 3.63) is 58.1 Å². The molecule has 0 unspecified atom stereocenters. The van der Waals surface area contributed by atoms with Crippen molar-refractivity contribution in [1.82, 2.24) is 4.31 Å². The SMILES string of the molecule is CCSc1ccc(C(=O)Nc2ccc(S(=O)(=O)N3CCCC[C@H]3C)cc2)cc1[N+](=O)[O-]. The van der Waals surface area contributed by atoms with Crippen molar-refractivity contribution < 1.29 is 18.1 Å². The lowest BCUT2D eigenvalue weighted by atomic mass is 10.1. The third kappa shape index (κ3) is 5.25. The zero-order valence-electron chi connectivity index (χ0n) is 17.4. The highest BCUT2D eigenvalue weighted by molar-refractivity contribution is 7.99. The van der Waals surface area contributed by atoms with Crippen molar-refractivity contribution in [2.24, 2.45) is 0 Å². The lowest BCUT2D eigenvalue weighted by Gasteiger charge is -2.32. The summed E-state index contributed by atoms with van der Waals surface area (Å²) in [6, 6.07) is 10.3. The molecule has 1 N–H and O–H groups in total. The summed E-state index contributed by atoms with van der Waals surface area (Å²) in [6.07, 6.45) is 2.71. The van der Waals surface area contributed by atoms with Crippen molar-refractivity contribution >= 4 is 39.1 Å². The van der Waals surface area contributed by atoms with Crippen LogP contribution in [0.25, 0.3) is 0 Å². The fraction of sp³-hybridized carbons (Fsp3) is 0.381. The number of carbonyl (C=O) groups is 1. The van der Waals surface area contributed by atoms with Crippen LogP contribution in [0.5, 0.6) is 0 Å². The summed E-state index contributed by atoms with van der Waals surface area (Å²) < 4.78 is 27.4. The number of nitrogens with one attached hydrogen (secondary N) is 1. The van der Waals surface area contributed by atoms with E-state index in [0.717, 1.165) is 19.3 Å². The van der Waals surface area contributed by atoms with E-state index in [1.54, 1.807) is 6.07 Å². The van der Waals surface area contributed by atoms with Gasteiger partial charge in [-0.1, -0.05) is 13.3 Å². The number of amides is 1. The fourth-order valence-electron chi connectivity index (χ4n) is 3.56. The molecule has 1 atom stereocenters. The predicted molar refractivity (Wildman–Crippen MR) is 121 cm³/mol. The third-order valence-corrected chi connectivity index (χ3v) is 8.15. The molecular weight excluding hydrogens is 438 g/mol. The van der Waals surface area contributed by atoms with Crippen LogP contribution in [0, 0.1) is 10.1 Å². The highest BCUT2D eigenvalue weighted by Gasteiger charge is 2.30. The summed E-state index contributed by atoms with van der Waals surface area (Å²) in [5, 5.41) is 14.0. The quantitative estimate of drug-likeness (QED) is 0.367. The van der Waals surface area contributed by atoms with Gasteiger partial charge in [0.05, 0.1) is 14.7 Å². The van der Waals surface area contributed by atoms with Crippen molar-refractivity contribution in [1.29, 1.82) is 0 Å². The van der Waals surface area contributed by atoms with Crippen molar-refractivity contribution in [3.8, 4) is 0 Å². The molecule has 0 saturated carbocycles. The van der Waals surface area contributed by atoms with Gasteiger partial charge in [-0.15, -0.1) is 11.8 Å². The standard InChI is InChI=1S/C21H25N3O5S2/c1-3-30-20-12-7-16(14-19(20)24(26)27)21(25)22-17-8-10-18(11-9-17)31(28,29)23-13-5-4-6-15(23)2/h7-12,14-15H,3-6,13H2,1-2H3,(H,22,25)/t15-/m1/s1. The molecular formula is C21H25N3O5S2. The van der Waals surface area contributed by atoms with E-state index in [-0.39, 0.29) is 22.2 Å². The monoisotopic (exact) mass is 463 g/mol. The van der Waals surface area contributed by atoms with Gasteiger partial charge in [0.15, 0.2) is 0 Å². The number of piperidine rings is 1. The zero-order chi connectivity index (χ0) is 22.6. The first kappa shape index (κ1) is 23.2. The molecule has 8 nitrogen and oxygen atoms in total. The molecule has 3 rings (SSSR count). The van der Waals surface area contributed by atoms with E-state index in [1.165, 1.54) is 52.5 Å². The molecule has 31 heavy (non-hydrogen) atoms. The van der Waals surface area contributed by atoms with Gasteiger partial charge in [0.1, 0.15) is 0 Å². The smallest absolute Gasteiger partial charge is 0.283 e. The van der Waals surface area contributed by atoms with Crippen molar-refractivity contribution in [2.75, 3.05) is 17.6 Å². The average molecular weight is 464 g/mol. The van der Waals surface area contributed by atoms with E-state index in [4.69, 9.17) is 0 Å². The Hall–Kier alpha value is -2.43. The number of rotatable bonds is 7. The first-order valence-corrected chi connectivity index (χ1v) is 12.5. The Labute approximate surface area is 186 Å². The molecule has 1 aliphatic rings. The maximum absolute atomic E-state index is 12.9. The summed E-state index contributed by atoms with van der Waals surface area (Å²) in [6.45, 7) is 4.31. The largest absolute Gasteiger partial charge is 0.322 e. The maximum Gasteiger partial charge on any atom is 0.283 e. The molecule has 0 spiro atoms. The second-order valence-corrected chi connectivity index (χ2v) is 10.5. The summed E-state index contributed by atoms with van der Waals surface area (Å²) in [5.41, 5.74) is 0.452. The fourth-order valence-corrected chi connectivity index (χ4v) is 6.01. The number of nitro benzene ring substituents is 1. The number of nitrogens with zero attached hydrogens (tertiary/aromatic N) is 2. The van der Waals surface area contributed by atoms with Gasteiger partial charge in [0.25, 0.3) is 11.6 Å². The maximum atomic E-state index is 12.9. The zero-order valence-corrected chi connectivity index (χ0v) is 19.0. The average Bonchev–Trinajstić information content (AvgIpc) is 2.74. The second-order valence-electron chi connectivity index (χ2n) is 7.31. The van der Waals surface area contributed by atoms with Gasteiger partial charge in [0.2, 0.25) is 10.0 Å². The minimum Gasteiger partial charge on any atom is -0.322 e. The first-order valence-electron chi connectivity index (χ1n) is 10.1. The Morgan fingerprint density at radius 3 is 2.55 bits per heavy atom. The second kappa shape index (κ2) is 9.80. The Morgan fingerprint density at radius 1 is 1.23 bits per heavy atom. The number of benzene rings is 2. The van der Waals surface area contributed by atoms with E-state index in [9.17, 15) is 23.3 Å². The number of hydrogen-bond acceptors (Lipinski definition) is 6. The molecule has 0 bridgehead atoms. The van der Waals surface area contributed by atoms with Crippen molar-refractivity contribution in [2.45, 2.75) is 48.9 Å². The van der Waals surface area contributed by atoms with E-state index in [0.29, 0.717) is 22.9 Å². The molecule has 2 aromatic carbocycles. The third-order valence-electron chi connectivity index (χ3n) is 5.18. The van der Waals surface area contributed by atoms with Crippen molar-refractivity contribution in [3.63, 3.8) is 0 Å². The molecule has 0 aromatic heterocycles. The first-order chi connectivity index (χ1) is 14.7. The topological polar surface area (TPSA) is 110 Å². The molecule has 0 radical (unpaired) electrons. The minimum absolute atomic E-state index is 0.0391. The van der Waals surface area contributed by atoms with Crippen LogP contribution in [0.1, 0.15) is 43.5 Å². The highest BCUT2D eigenvalue weighted by Crippen LogP contribution is 2.30.